The highest BCUT2D eigenvalue weighted by atomic mass is 32.2. The molecule has 8 heteroatoms. The second kappa shape index (κ2) is 7.89. The number of aryl methyl sites for hydroxylation is 2. The molecule has 1 N–H and O–H groups in total. The SMILES string of the molecule is COc1cccc(-c2nnc(CCNS(=O)(=O)c3ccc(C)cc3C)o2)c1. The molecular weight excluding hydrogens is 366 g/mol. The second-order valence-corrected chi connectivity index (χ2v) is 7.89. The summed E-state index contributed by atoms with van der Waals surface area (Å²) in [6.45, 7) is 3.86. The average Bonchev–Trinajstić information content (AvgIpc) is 3.10. The van der Waals surface area contributed by atoms with Crippen LogP contribution in [-0.2, 0) is 16.4 Å². The molecule has 0 amide bonds. The van der Waals surface area contributed by atoms with Crippen LogP contribution in [-0.4, -0.2) is 32.3 Å². The van der Waals surface area contributed by atoms with Gasteiger partial charge in [-0.05, 0) is 43.7 Å². The second-order valence-electron chi connectivity index (χ2n) is 6.15. The van der Waals surface area contributed by atoms with Crippen molar-refractivity contribution in [3.05, 3.63) is 59.5 Å². The van der Waals surface area contributed by atoms with Crippen molar-refractivity contribution in [3.63, 3.8) is 0 Å². The van der Waals surface area contributed by atoms with Gasteiger partial charge >= 0.3 is 0 Å². The number of ether oxygens (including phenoxy) is 1. The molecule has 0 aliphatic heterocycles. The number of hydrogen-bond acceptors (Lipinski definition) is 6. The minimum atomic E-state index is -3.59. The summed E-state index contributed by atoms with van der Waals surface area (Å²) in [6.07, 6.45) is 0.293. The highest BCUT2D eigenvalue weighted by molar-refractivity contribution is 7.89. The molecule has 0 saturated heterocycles. The summed E-state index contributed by atoms with van der Waals surface area (Å²) in [5.74, 6) is 1.41. The fourth-order valence-corrected chi connectivity index (χ4v) is 3.95. The monoisotopic (exact) mass is 387 g/mol. The number of sulfonamides is 1. The Morgan fingerprint density at radius 3 is 2.67 bits per heavy atom. The Morgan fingerprint density at radius 2 is 1.93 bits per heavy atom. The molecule has 0 unspecified atom stereocenters. The van der Waals surface area contributed by atoms with Crippen molar-refractivity contribution in [2.45, 2.75) is 25.2 Å². The standard InChI is InChI=1S/C19H21N3O4S/c1-13-7-8-17(14(2)11-13)27(23,24)20-10-9-18-21-22-19(26-18)15-5-4-6-16(12-15)25-3/h4-8,11-12,20H,9-10H2,1-3H3. The minimum Gasteiger partial charge on any atom is -0.497 e. The lowest BCUT2D eigenvalue weighted by molar-refractivity contribution is 0.414. The topological polar surface area (TPSA) is 94.3 Å². The fraction of sp³-hybridized carbons (Fsp3) is 0.263. The first-order chi connectivity index (χ1) is 12.9. The van der Waals surface area contributed by atoms with Crippen molar-refractivity contribution in [1.82, 2.24) is 14.9 Å². The predicted octanol–water partition coefficient (Wildman–Crippen LogP) is 2.88. The third kappa shape index (κ3) is 4.53. The van der Waals surface area contributed by atoms with Gasteiger partial charge in [-0.2, -0.15) is 0 Å². The highest BCUT2D eigenvalue weighted by Gasteiger charge is 2.17. The molecule has 3 rings (SSSR count). The molecule has 0 aliphatic rings. The van der Waals surface area contributed by atoms with Crippen LogP contribution in [0.5, 0.6) is 5.75 Å². The van der Waals surface area contributed by atoms with Crippen molar-refractivity contribution in [3.8, 4) is 17.2 Å². The first-order valence-electron chi connectivity index (χ1n) is 8.43. The zero-order chi connectivity index (χ0) is 19.4. The number of nitrogens with one attached hydrogen (secondary N) is 1. The third-order valence-corrected chi connectivity index (χ3v) is 5.66. The van der Waals surface area contributed by atoms with Crippen LogP contribution in [0.3, 0.4) is 0 Å². The van der Waals surface area contributed by atoms with Crippen molar-refractivity contribution >= 4 is 10.0 Å². The lowest BCUT2D eigenvalue weighted by atomic mass is 10.2. The zero-order valence-corrected chi connectivity index (χ0v) is 16.2. The van der Waals surface area contributed by atoms with Crippen molar-refractivity contribution in [1.29, 1.82) is 0 Å². The van der Waals surface area contributed by atoms with Crippen LogP contribution in [0.25, 0.3) is 11.5 Å². The van der Waals surface area contributed by atoms with Gasteiger partial charge in [-0.15, -0.1) is 10.2 Å². The van der Waals surface area contributed by atoms with E-state index >= 15 is 0 Å². The molecule has 0 spiro atoms. The van der Waals surface area contributed by atoms with Gasteiger partial charge in [0.2, 0.25) is 21.8 Å². The largest absolute Gasteiger partial charge is 0.497 e. The van der Waals surface area contributed by atoms with E-state index in [0.717, 1.165) is 11.1 Å². The molecule has 1 heterocycles. The Labute approximate surface area is 158 Å². The van der Waals surface area contributed by atoms with Crippen LogP contribution >= 0.6 is 0 Å². The van der Waals surface area contributed by atoms with E-state index in [9.17, 15) is 8.42 Å². The van der Waals surface area contributed by atoms with E-state index in [1.807, 2.05) is 31.2 Å². The van der Waals surface area contributed by atoms with Crippen LogP contribution in [0.15, 0.2) is 51.8 Å². The summed E-state index contributed by atoms with van der Waals surface area (Å²) in [6, 6.07) is 12.5. The van der Waals surface area contributed by atoms with E-state index in [1.165, 1.54) is 0 Å². The quantitative estimate of drug-likeness (QED) is 0.670. The van der Waals surface area contributed by atoms with Gasteiger partial charge in [-0.25, -0.2) is 13.1 Å². The molecule has 2 aromatic carbocycles. The van der Waals surface area contributed by atoms with E-state index < -0.39 is 10.0 Å². The summed E-state index contributed by atoms with van der Waals surface area (Å²) in [4.78, 5) is 0.274. The number of methoxy groups -OCH3 is 1. The van der Waals surface area contributed by atoms with Crippen molar-refractivity contribution in [2.75, 3.05) is 13.7 Å². The maximum absolute atomic E-state index is 12.5. The van der Waals surface area contributed by atoms with E-state index in [-0.39, 0.29) is 11.4 Å². The Kier molecular flexibility index (Phi) is 5.57. The van der Waals surface area contributed by atoms with Gasteiger partial charge in [0.05, 0.1) is 12.0 Å². The fourth-order valence-electron chi connectivity index (χ4n) is 2.70. The van der Waals surface area contributed by atoms with Gasteiger partial charge < -0.3 is 9.15 Å². The molecule has 0 fully saturated rings. The average molecular weight is 387 g/mol. The van der Waals surface area contributed by atoms with Crippen LogP contribution in [0, 0.1) is 13.8 Å². The molecule has 142 valence electrons. The molecule has 0 atom stereocenters. The normalized spacial score (nSPS) is 11.5. The number of rotatable bonds is 7. The number of aromatic nitrogens is 2. The minimum absolute atomic E-state index is 0.162. The van der Waals surface area contributed by atoms with Gasteiger partial charge in [-0.1, -0.05) is 23.8 Å². The Morgan fingerprint density at radius 1 is 1.11 bits per heavy atom. The molecule has 0 radical (unpaired) electrons. The van der Waals surface area contributed by atoms with Crippen molar-refractivity contribution in [2.24, 2.45) is 0 Å². The smallest absolute Gasteiger partial charge is 0.247 e. The van der Waals surface area contributed by atoms with Gasteiger partial charge in [0.25, 0.3) is 0 Å². The Bertz CT molecular complexity index is 1040. The van der Waals surface area contributed by atoms with E-state index in [1.54, 1.807) is 32.2 Å². The van der Waals surface area contributed by atoms with Crippen LogP contribution < -0.4 is 9.46 Å². The van der Waals surface area contributed by atoms with E-state index in [2.05, 4.69) is 14.9 Å². The van der Waals surface area contributed by atoms with Gasteiger partial charge in [-0.3, -0.25) is 0 Å². The molecule has 3 aromatic rings. The van der Waals surface area contributed by atoms with Crippen molar-refractivity contribution < 1.29 is 17.6 Å². The number of benzene rings is 2. The number of nitrogens with zero attached hydrogens (tertiary/aromatic N) is 2. The molecular formula is C19H21N3O4S. The van der Waals surface area contributed by atoms with Gasteiger partial charge in [0.1, 0.15) is 5.75 Å². The van der Waals surface area contributed by atoms with Crippen LogP contribution in [0.2, 0.25) is 0 Å². The maximum Gasteiger partial charge on any atom is 0.247 e. The Balaban J connectivity index is 1.65. The van der Waals surface area contributed by atoms with Crippen LogP contribution in [0.1, 0.15) is 17.0 Å². The number of hydrogen-bond donors (Lipinski definition) is 1. The molecule has 27 heavy (non-hydrogen) atoms. The first kappa shape index (κ1) is 19.1. The summed E-state index contributed by atoms with van der Waals surface area (Å²) in [7, 11) is -2.01. The highest BCUT2D eigenvalue weighted by Crippen LogP contribution is 2.22. The maximum atomic E-state index is 12.5. The van der Waals surface area contributed by atoms with E-state index in [4.69, 9.17) is 9.15 Å². The summed E-state index contributed by atoms with van der Waals surface area (Å²) >= 11 is 0. The summed E-state index contributed by atoms with van der Waals surface area (Å²) < 4.78 is 38.3. The first-order valence-corrected chi connectivity index (χ1v) is 9.91. The molecule has 0 aliphatic carbocycles. The van der Waals surface area contributed by atoms with Gasteiger partial charge in [0.15, 0.2) is 0 Å². The Hall–Kier alpha value is -2.71. The van der Waals surface area contributed by atoms with Crippen LogP contribution in [0.4, 0.5) is 0 Å². The molecule has 1 aromatic heterocycles. The van der Waals surface area contributed by atoms with E-state index in [0.29, 0.717) is 29.5 Å². The zero-order valence-electron chi connectivity index (χ0n) is 15.4. The predicted molar refractivity (Wildman–Crippen MR) is 101 cm³/mol. The molecule has 0 saturated carbocycles. The van der Waals surface area contributed by atoms with Gasteiger partial charge in [0, 0.05) is 18.5 Å². The molecule has 7 nitrogen and oxygen atoms in total. The lowest BCUT2D eigenvalue weighted by Crippen LogP contribution is -2.26. The molecule has 0 bridgehead atoms. The summed E-state index contributed by atoms with van der Waals surface area (Å²) in [5.41, 5.74) is 2.46. The lowest BCUT2D eigenvalue weighted by Gasteiger charge is -2.09. The third-order valence-electron chi connectivity index (χ3n) is 4.03. The summed E-state index contributed by atoms with van der Waals surface area (Å²) in [5, 5.41) is 7.99.